The molecule has 2 saturated heterocycles. The number of nitriles is 1. The molecular weight excluding hydrogens is 278 g/mol. The third-order valence-corrected chi connectivity index (χ3v) is 4.68. The van der Waals surface area contributed by atoms with Gasteiger partial charge < -0.3 is 10.1 Å². The Morgan fingerprint density at radius 1 is 1.45 bits per heavy atom. The molecule has 2 bridgehead atoms. The van der Waals surface area contributed by atoms with Crippen molar-refractivity contribution in [3.63, 3.8) is 0 Å². The molecule has 1 aromatic heterocycles. The Kier molecular flexibility index (Phi) is 3.71. The molecule has 0 radical (unpaired) electrons. The van der Waals surface area contributed by atoms with Crippen LogP contribution in [-0.2, 0) is 14.9 Å². The Bertz CT molecular complexity index is 650. The largest absolute Gasteiger partial charge is 0.415 e. The van der Waals surface area contributed by atoms with E-state index in [1.165, 1.54) is 0 Å². The van der Waals surface area contributed by atoms with Crippen LogP contribution in [0.5, 0.6) is 0 Å². The summed E-state index contributed by atoms with van der Waals surface area (Å²) < 4.78 is 5.21. The van der Waals surface area contributed by atoms with E-state index in [-0.39, 0.29) is 11.7 Å². The Morgan fingerprint density at radius 3 is 2.73 bits per heavy atom. The highest BCUT2D eigenvalue weighted by molar-refractivity contribution is 5.84. The van der Waals surface area contributed by atoms with Crippen LogP contribution in [-0.4, -0.2) is 23.0 Å². The van der Waals surface area contributed by atoms with Crippen LogP contribution in [0.3, 0.4) is 0 Å². The second-order valence-electron chi connectivity index (χ2n) is 6.30. The van der Waals surface area contributed by atoms with Gasteiger partial charge in [0.25, 0.3) is 0 Å². The molecule has 2 atom stereocenters. The van der Waals surface area contributed by atoms with Crippen molar-refractivity contribution >= 4 is 5.97 Å². The fourth-order valence-electron chi connectivity index (χ4n) is 3.72. The van der Waals surface area contributed by atoms with Crippen LogP contribution in [0.25, 0.3) is 0 Å². The lowest BCUT2D eigenvalue weighted by Crippen LogP contribution is -2.51. The molecule has 2 aliphatic heterocycles. The number of pyridine rings is 1. The summed E-state index contributed by atoms with van der Waals surface area (Å²) in [6.45, 7) is 5.43. The van der Waals surface area contributed by atoms with Gasteiger partial charge in [-0.2, -0.15) is 5.26 Å². The van der Waals surface area contributed by atoms with Gasteiger partial charge in [0.2, 0.25) is 0 Å². The van der Waals surface area contributed by atoms with Gasteiger partial charge in [-0.15, -0.1) is 0 Å². The van der Waals surface area contributed by atoms with E-state index in [0.29, 0.717) is 24.9 Å². The van der Waals surface area contributed by atoms with Crippen LogP contribution in [0.4, 0.5) is 0 Å². The summed E-state index contributed by atoms with van der Waals surface area (Å²) in [7, 11) is 0. The number of aryl methyl sites for hydroxylation is 1. The fourth-order valence-corrected chi connectivity index (χ4v) is 3.72. The molecule has 114 valence electrons. The van der Waals surface area contributed by atoms with Crippen LogP contribution in [0.2, 0.25) is 0 Å². The molecule has 0 aromatic carbocycles. The van der Waals surface area contributed by atoms with E-state index in [4.69, 9.17) is 10.00 Å². The van der Waals surface area contributed by atoms with Crippen molar-refractivity contribution in [3.8, 4) is 6.07 Å². The number of fused-ring (bicyclic) bond motifs is 2. The maximum absolute atomic E-state index is 12.8. The minimum atomic E-state index is -0.740. The Morgan fingerprint density at radius 2 is 2.14 bits per heavy atom. The van der Waals surface area contributed by atoms with Crippen LogP contribution in [0.15, 0.2) is 30.8 Å². The monoisotopic (exact) mass is 297 g/mol. The van der Waals surface area contributed by atoms with E-state index in [2.05, 4.69) is 16.9 Å². The molecule has 1 N–H and O–H groups in total. The zero-order chi connectivity index (χ0) is 15.7. The van der Waals surface area contributed by atoms with Crippen molar-refractivity contribution < 1.29 is 9.53 Å². The molecule has 2 aliphatic rings. The molecule has 0 aliphatic carbocycles. The van der Waals surface area contributed by atoms with Gasteiger partial charge in [0.05, 0.1) is 5.41 Å². The van der Waals surface area contributed by atoms with Crippen molar-refractivity contribution in [1.82, 2.24) is 10.3 Å². The number of carbonyl (C=O) groups is 1. The summed E-state index contributed by atoms with van der Waals surface area (Å²) in [5.74, 6) is -0.541. The van der Waals surface area contributed by atoms with E-state index < -0.39 is 5.41 Å². The molecule has 5 heteroatoms. The summed E-state index contributed by atoms with van der Waals surface area (Å²) >= 11 is 0. The van der Waals surface area contributed by atoms with Gasteiger partial charge in [-0.25, -0.2) is 0 Å². The molecule has 1 aromatic rings. The van der Waals surface area contributed by atoms with E-state index in [0.717, 1.165) is 24.0 Å². The highest BCUT2D eigenvalue weighted by Crippen LogP contribution is 2.43. The highest BCUT2D eigenvalue weighted by atomic mass is 16.5. The van der Waals surface area contributed by atoms with E-state index in [1.807, 2.05) is 13.0 Å². The average molecular weight is 297 g/mol. The number of nitrogens with one attached hydrogen (secondary N) is 1. The Labute approximate surface area is 130 Å². The average Bonchev–Trinajstić information content (AvgIpc) is 2.85. The molecule has 2 fully saturated rings. The number of piperidine rings is 1. The second-order valence-corrected chi connectivity index (χ2v) is 6.30. The first-order valence-electron chi connectivity index (χ1n) is 7.53. The summed E-state index contributed by atoms with van der Waals surface area (Å²) in [5, 5.41) is 12.4. The predicted octanol–water partition coefficient (Wildman–Crippen LogP) is 2.12. The minimum absolute atomic E-state index is 0.157. The SMILES string of the molecule is C=C(C#N)OC(=O)C1(c2cncc(C)c2)CC2CCC(C1)N2. The van der Waals surface area contributed by atoms with Crippen molar-refractivity contribution in [3.05, 3.63) is 41.9 Å². The quantitative estimate of drug-likeness (QED) is 0.525. The van der Waals surface area contributed by atoms with E-state index >= 15 is 0 Å². The number of hydrogen-bond acceptors (Lipinski definition) is 5. The number of rotatable bonds is 3. The number of esters is 1. The standard InChI is InChI=1S/C17H19N3O2/c1-11-5-13(10-19-9-11)17(16(21)22-12(2)8-18)6-14-3-4-15(7-17)20-14/h5,9-10,14-15,20H,2-4,6-7H2,1H3. The maximum atomic E-state index is 12.8. The number of hydrogen-bond donors (Lipinski definition) is 1. The molecule has 5 nitrogen and oxygen atoms in total. The van der Waals surface area contributed by atoms with Crippen LogP contribution in [0, 0.1) is 18.3 Å². The van der Waals surface area contributed by atoms with Crippen LogP contribution in [0.1, 0.15) is 36.8 Å². The number of nitrogens with zero attached hydrogens (tertiary/aromatic N) is 2. The lowest BCUT2D eigenvalue weighted by Gasteiger charge is -2.39. The van der Waals surface area contributed by atoms with Gasteiger partial charge in [0, 0.05) is 24.5 Å². The molecule has 0 spiro atoms. The molecule has 3 heterocycles. The van der Waals surface area contributed by atoms with Gasteiger partial charge in [-0.1, -0.05) is 6.07 Å². The normalized spacial score (nSPS) is 29.6. The molecule has 0 amide bonds. The summed E-state index contributed by atoms with van der Waals surface area (Å²) in [4.78, 5) is 17.1. The zero-order valence-corrected chi connectivity index (χ0v) is 12.6. The molecule has 22 heavy (non-hydrogen) atoms. The first-order valence-corrected chi connectivity index (χ1v) is 7.53. The molecule has 2 unspecified atom stereocenters. The van der Waals surface area contributed by atoms with Crippen molar-refractivity contribution in [2.75, 3.05) is 0 Å². The third kappa shape index (κ3) is 2.51. The Hall–Kier alpha value is -2.19. The van der Waals surface area contributed by atoms with Crippen molar-refractivity contribution in [2.45, 2.75) is 50.1 Å². The summed E-state index contributed by atoms with van der Waals surface area (Å²) in [6, 6.07) is 4.39. The van der Waals surface area contributed by atoms with Gasteiger partial charge in [0.15, 0.2) is 5.76 Å². The predicted molar refractivity (Wildman–Crippen MR) is 80.7 cm³/mol. The van der Waals surface area contributed by atoms with Crippen LogP contribution < -0.4 is 5.32 Å². The smallest absolute Gasteiger partial charge is 0.322 e. The summed E-state index contributed by atoms with van der Waals surface area (Å²) in [5.41, 5.74) is 1.15. The number of ether oxygens (including phenoxy) is 1. The van der Waals surface area contributed by atoms with E-state index in [9.17, 15) is 4.79 Å². The first kappa shape index (κ1) is 14.7. The van der Waals surface area contributed by atoms with Crippen molar-refractivity contribution in [2.24, 2.45) is 0 Å². The lowest BCUT2D eigenvalue weighted by molar-refractivity contribution is -0.147. The first-order chi connectivity index (χ1) is 10.5. The number of aromatic nitrogens is 1. The van der Waals surface area contributed by atoms with Gasteiger partial charge in [0.1, 0.15) is 6.07 Å². The number of allylic oxidation sites excluding steroid dienone is 1. The van der Waals surface area contributed by atoms with Gasteiger partial charge in [-0.3, -0.25) is 9.78 Å². The fraction of sp³-hybridized carbons (Fsp3) is 0.471. The molecule has 0 saturated carbocycles. The van der Waals surface area contributed by atoms with Gasteiger partial charge >= 0.3 is 5.97 Å². The van der Waals surface area contributed by atoms with E-state index in [1.54, 1.807) is 18.5 Å². The number of carbonyl (C=O) groups excluding carboxylic acids is 1. The summed E-state index contributed by atoms with van der Waals surface area (Å²) in [6.07, 6.45) is 7.00. The minimum Gasteiger partial charge on any atom is -0.415 e. The van der Waals surface area contributed by atoms with Crippen molar-refractivity contribution in [1.29, 1.82) is 5.26 Å². The van der Waals surface area contributed by atoms with Gasteiger partial charge in [-0.05, 0) is 50.3 Å². The topological polar surface area (TPSA) is 75.0 Å². The zero-order valence-electron chi connectivity index (χ0n) is 12.6. The Balaban J connectivity index is 2.01. The second kappa shape index (κ2) is 5.54. The third-order valence-electron chi connectivity index (χ3n) is 4.68. The molecular formula is C17H19N3O2. The maximum Gasteiger partial charge on any atom is 0.322 e. The highest BCUT2D eigenvalue weighted by Gasteiger charge is 2.51. The lowest BCUT2D eigenvalue weighted by atomic mass is 9.71. The molecule has 3 rings (SSSR count). The van der Waals surface area contributed by atoms with Crippen LogP contribution >= 0.6 is 0 Å².